The van der Waals surface area contributed by atoms with E-state index >= 15 is 0 Å². The molecule has 1 atom stereocenters. The van der Waals surface area contributed by atoms with Crippen LogP contribution in [0.2, 0.25) is 0 Å². The van der Waals surface area contributed by atoms with Crippen LogP contribution in [-0.4, -0.2) is 85.6 Å². The lowest BCUT2D eigenvalue weighted by Crippen LogP contribution is -2.47. The standard InChI is InChI=1S/C17H25N3O6/c21-16(22)15-3-2-13(26-15)10-18-17(23)20-4-1-7-25-14(12-20)11-19-5-8-24-9-6-19/h2-3,14H,1,4-12H2,(H,18,23)(H,21,22)/t14-/m1/s1. The van der Waals surface area contributed by atoms with Crippen LogP contribution in [-0.2, 0) is 16.0 Å². The lowest BCUT2D eigenvalue weighted by atomic mass is 10.3. The zero-order chi connectivity index (χ0) is 18.4. The average molecular weight is 367 g/mol. The molecule has 2 saturated heterocycles. The monoisotopic (exact) mass is 367 g/mol. The van der Waals surface area contributed by atoms with Crippen molar-refractivity contribution in [1.29, 1.82) is 0 Å². The molecule has 3 heterocycles. The van der Waals surface area contributed by atoms with Gasteiger partial charge in [-0.3, -0.25) is 4.90 Å². The third-order valence-electron chi connectivity index (χ3n) is 4.49. The second-order valence-electron chi connectivity index (χ2n) is 6.44. The van der Waals surface area contributed by atoms with Gasteiger partial charge in [0.15, 0.2) is 0 Å². The predicted octanol–water partition coefficient (Wildman–Crippen LogP) is 0.611. The van der Waals surface area contributed by atoms with Gasteiger partial charge >= 0.3 is 12.0 Å². The highest BCUT2D eigenvalue weighted by atomic mass is 16.5. The molecule has 1 aromatic heterocycles. The van der Waals surface area contributed by atoms with Gasteiger partial charge in [-0.2, -0.15) is 0 Å². The first-order valence-electron chi connectivity index (χ1n) is 8.88. The largest absolute Gasteiger partial charge is 0.475 e. The van der Waals surface area contributed by atoms with Crippen LogP contribution < -0.4 is 5.32 Å². The molecular weight excluding hydrogens is 342 g/mol. The van der Waals surface area contributed by atoms with Gasteiger partial charge in [-0.05, 0) is 18.6 Å². The normalized spacial score (nSPS) is 22.0. The minimum atomic E-state index is -1.13. The fraction of sp³-hybridized carbons (Fsp3) is 0.647. The molecule has 0 aliphatic carbocycles. The number of ether oxygens (including phenoxy) is 2. The molecule has 0 radical (unpaired) electrons. The van der Waals surface area contributed by atoms with Gasteiger partial charge in [0.25, 0.3) is 0 Å². The van der Waals surface area contributed by atoms with E-state index in [0.29, 0.717) is 25.5 Å². The van der Waals surface area contributed by atoms with Crippen molar-refractivity contribution in [3.8, 4) is 0 Å². The van der Waals surface area contributed by atoms with Gasteiger partial charge in [0, 0.05) is 39.3 Å². The van der Waals surface area contributed by atoms with E-state index in [-0.39, 0.29) is 24.4 Å². The molecule has 26 heavy (non-hydrogen) atoms. The molecule has 2 amide bonds. The summed E-state index contributed by atoms with van der Waals surface area (Å²) in [4.78, 5) is 27.3. The molecule has 2 aliphatic rings. The van der Waals surface area contributed by atoms with E-state index in [1.165, 1.54) is 6.07 Å². The molecule has 0 bridgehead atoms. The Hall–Kier alpha value is -2.10. The molecule has 0 spiro atoms. The Morgan fingerprint density at radius 1 is 1.19 bits per heavy atom. The van der Waals surface area contributed by atoms with Crippen molar-refractivity contribution < 1.29 is 28.6 Å². The van der Waals surface area contributed by atoms with Crippen LogP contribution in [0.15, 0.2) is 16.5 Å². The number of hydrogen-bond donors (Lipinski definition) is 2. The summed E-state index contributed by atoms with van der Waals surface area (Å²) < 4.78 is 16.4. The smallest absolute Gasteiger partial charge is 0.371 e. The first-order chi connectivity index (χ1) is 12.6. The average Bonchev–Trinajstić information content (AvgIpc) is 3.00. The van der Waals surface area contributed by atoms with E-state index in [1.54, 1.807) is 11.0 Å². The summed E-state index contributed by atoms with van der Waals surface area (Å²) in [6.45, 7) is 5.97. The summed E-state index contributed by atoms with van der Waals surface area (Å²) in [5.41, 5.74) is 0. The zero-order valence-corrected chi connectivity index (χ0v) is 14.7. The van der Waals surface area contributed by atoms with Crippen LogP contribution >= 0.6 is 0 Å². The topological polar surface area (TPSA) is 104 Å². The summed E-state index contributed by atoms with van der Waals surface area (Å²) in [5.74, 6) is -0.854. The summed E-state index contributed by atoms with van der Waals surface area (Å²) in [6.07, 6.45) is 0.764. The number of morpholine rings is 1. The molecule has 9 nitrogen and oxygen atoms in total. The third-order valence-corrected chi connectivity index (χ3v) is 4.49. The Morgan fingerprint density at radius 2 is 2.00 bits per heavy atom. The third kappa shape index (κ3) is 5.20. The molecule has 3 rings (SSSR count). The fourth-order valence-electron chi connectivity index (χ4n) is 3.12. The molecule has 9 heteroatoms. The Kier molecular flexibility index (Phi) is 6.48. The minimum absolute atomic E-state index is 0.0245. The first-order valence-corrected chi connectivity index (χ1v) is 8.88. The molecule has 144 valence electrons. The number of nitrogens with zero attached hydrogens (tertiary/aromatic N) is 2. The quantitative estimate of drug-likeness (QED) is 0.786. The maximum Gasteiger partial charge on any atom is 0.371 e. The van der Waals surface area contributed by atoms with Crippen molar-refractivity contribution in [3.05, 3.63) is 23.7 Å². The van der Waals surface area contributed by atoms with Gasteiger partial charge in [-0.1, -0.05) is 0 Å². The summed E-state index contributed by atoms with van der Waals surface area (Å²) in [5, 5.41) is 11.6. The van der Waals surface area contributed by atoms with Gasteiger partial charge in [-0.25, -0.2) is 9.59 Å². The van der Waals surface area contributed by atoms with E-state index in [1.807, 2.05) is 0 Å². The lowest BCUT2D eigenvalue weighted by Gasteiger charge is -2.31. The summed E-state index contributed by atoms with van der Waals surface area (Å²) >= 11 is 0. The van der Waals surface area contributed by atoms with Gasteiger partial charge in [0.2, 0.25) is 5.76 Å². The maximum atomic E-state index is 12.5. The number of carbonyl (C=O) groups is 2. The summed E-state index contributed by atoms with van der Waals surface area (Å²) in [6, 6.07) is 2.73. The molecule has 0 unspecified atom stereocenters. The highest BCUT2D eigenvalue weighted by Gasteiger charge is 2.25. The van der Waals surface area contributed by atoms with Gasteiger partial charge in [0.1, 0.15) is 5.76 Å². The Bertz CT molecular complexity index is 613. The SMILES string of the molecule is O=C(O)c1ccc(CNC(=O)N2CCCO[C@H](CN3CCOCC3)C2)o1. The number of carboxylic acids is 1. The molecule has 2 aliphatic heterocycles. The van der Waals surface area contributed by atoms with Crippen LogP contribution in [0.3, 0.4) is 0 Å². The predicted molar refractivity (Wildman–Crippen MR) is 91.1 cm³/mol. The molecule has 0 saturated carbocycles. The first kappa shape index (κ1) is 18.7. The van der Waals surface area contributed by atoms with Crippen molar-refractivity contribution >= 4 is 12.0 Å². The van der Waals surface area contributed by atoms with Crippen molar-refractivity contribution in [2.24, 2.45) is 0 Å². The highest BCUT2D eigenvalue weighted by Crippen LogP contribution is 2.11. The Balaban J connectivity index is 1.49. The molecule has 2 fully saturated rings. The lowest BCUT2D eigenvalue weighted by molar-refractivity contribution is -0.0101. The van der Waals surface area contributed by atoms with E-state index in [0.717, 1.165) is 39.3 Å². The van der Waals surface area contributed by atoms with Gasteiger partial charge < -0.3 is 29.2 Å². The molecule has 2 N–H and O–H groups in total. The van der Waals surface area contributed by atoms with E-state index in [9.17, 15) is 9.59 Å². The second-order valence-corrected chi connectivity index (χ2v) is 6.44. The minimum Gasteiger partial charge on any atom is -0.475 e. The van der Waals surface area contributed by atoms with Crippen LogP contribution in [0.5, 0.6) is 0 Å². The van der Waals surface area contributed by atoms with E-state index < -0.39 is 5.97 Å². The number of furan rings is 1. The number of rotatable bonds is 5. The van der Waals surface area contributed by atoms with Crippen molar-refractivity contribution in [1.82, 2.24) is 15.1 Å². The Labute approximate surface area is 151 Å². The number of hydrogen-bond acceptors (Lipinski definition) is 6. The van der Waals surface area contributed by atoms with Gasteiger partial charge in [0.05, 0.1) is 25.9 Å². The number of carboxylic acid groups (broad SMARTS) is 1. The van der Waals surface area contributed by atoms with E-state index in [4.69, 9.17) is 19.0 Å². The van der Waals surface area contributed by atoms with Crippen molar-refractivity contribution in [2.45, 2.75) is 19.1 Å². The second kappa shape index (κ2) is 9.02. The van der Waals surface area contributed by atoms with Crippen LogP contribution in [0, 0.1) is 0 Å². The highest BCUT2D eigenvalue weighted by molar-refractivity contribution is 5.84. The van der Waals surface area contributed by atoms with Gasteiger partial charge in [-0.15, -0.1) is 0 Å². The van der Waals surface area contributed by atoms with Crippen molar-refractivity contribution in [3.63, 3.8) is 0 Å². The molecule has 0 aromatic carbocycles. The number of urea groups is 1. The molecule has 1 aromatic rings. The van der Waals surface area contributed by atoms with Crippen LogP contribution in [0.25, 0.3) is 0 Å². The fourth-order valence-corrected chi connectivity index (χ4v) is 3.12. The number of nitrogens with one attached hydrogen (secondary N) is 1. The number of aromatic carboxylic acids is 1. The zero-order valence-electron chi connectivity index (χ0n) is 14.7. The van der Waals surface area contributed by atoms with Crippen molar-refractivity contribution in [2.75, 3.05) is 52.5 Å². The Morgan fingerprint density at radius 3 is 2.73 bits per heavy atom. The van der Waals surface area contributed by atoms with Crippen LogP contribution in [0.1, 0.15) is 22.7 Å². The van der Waals surface area contributed by atoms with Crippen LogP contribution in [0.4, 0.5) is 4.79 Å². The van der Waals surface area contributed by atoms with E-state index in [2.05, 4.69) is 10.2 Å². The maximum absolute atomic E-state index is 12.5. The molecular formula is C17H25N3O6. The number of amides is 2. The summed E-state index contributed by atoms with van der Waals surface area (Å²) in [7, 11) is 0. The number of carbonyl (C=O) groups excluding carboxylic acids is 1.